The number of hydrogen-bond donors (Lipinski definition) is 0. The van der Waals surface area contributed by atoms with Crippen LogP contribution in [0.2, 0.25) is 0 Å². The van der Waals surface area contributed by atoms with Gasteiger partial charge in [-0.1, -0.05) is 30.9 Å². The van der Waals surface area contributed by atoms with E-state index in [1.165, 1.54) is 6.08 Å². The number of rotatable bonds is 2. The van der Waals surface area contributed by atoms with Crippen LogP contribution in [0.1, 0.15) is 25.7 Å². The second kappa shape index (κ2) is 6.82. The molecule has 0 unspecified atom stereocenters. The average Bonchev–Trinajstić information content (AvgIpc) is 2.27. The summed E-state index contributed by atoms with van der Waals surface area (Å²) in [5, 5.41) is 0. The topological polar surface area (TPSA) is 26.3 Å². The van der Waals surface area contributed by atoms with Gasteiger partial charge < -0.3 is 4.74 Å². The van der Waals surface area contributed by atoms with Crippen LogP contribution in [0.5, 0.6) is 0 Å². The van der Waals surface area contributed by atoms with E-state index in [2.05, 4.69) is 12.7 Å². The predicted molar refractivity (Wildman–Crippen MR) is 61.1 cm³/mol. The van der Waals surface area contributed by atoms with Crippen LogP contribution >= 0.6 is 0 Å². The Morgan fingerprint density at radius 3 is 3.00 bits per heavy atom. The van der Waals surface area contributed by atoms with Gasteiger partial charge in [0, 0.05) is 12.5 Å². The Labute approximate surface area is 90.6 Å². The minimum Gasteiger partial charge on any atom is -0.428 e. The van der Waals surface area contributed by atoms with E-state index in [0.29, 0.717) is 5.76 Å². The Balaban J connectivity index is 2.61. The molecule has 1 rings (SSSR count). The number of ether oxygens (including phenoxy) is 1. The molecule has 0 N–H and O–H groups in total. The summed E-state index contributed by atoms with van der Waals surface area (Å²) in [6, 6.07) is 0. The zero-order valence-electron chi connectivity index (χ0n) is 8.82. The van der Waals surface area contributed by atoms with E-state index in [4.69, 9.17) is 4.74 Å². The molecule has 0 heterocycles. The first-order valence-electron chi connectivity index (χ1n) is 5.19. The van der Waals surface area contributed by atoms with Crippen LogP contribution < -0.4 is 0 Å². The summed E-state index contributed by atoms with van der Waals surface area (Å²) in [5.74, 6) is 0.328. The quantitative estimate of drug-likeness (QED) is 0.509. The number of carbonyl (C=O) groups is 1. The fourth-order valence-corrected chi connectivity index (χ4v) is 1.30. The second-order valence-corrected chi connectivity index (χ2v) is 3.32. The van der Waals surface area contributed by atoms with Gasteiger partial charge in [-0.25, -0.2) is 4.79 Å². The number of esters is 1. The first-order valence-corrected chi connectivity index (χ1v) is 5.19. The lowest BCUT2D eigenvalue weighted by molar-refractivity contribution is -0.134. The van der Waals surface area contributed by atoms with Crippen LogP contribution in [-0.2, 0) is 9.53 Å². The molecule has 0 fully saturated rings. The Morgan fingerprint density at radius 2 is 2.20 bits per heavy atom. The largest absolute Gasteiger partial charge is 0.428 e. The molecular weight excluding hydrogens is 188 g/mol. The van der Waals surface area contributed by atoms with Gasteiger partial charge in [0.1, 0.15) is 5.76 Å². The van der Waals surface area contributed by atoms with Crippen LogP contribution in [0.25, 0.3) is 0 Å². The van der Waals surface area contributed by atoms with Crippen molar-refractivity contribution in [3.63, 3.8) is 0 Å². The molecule has 0 aromatic rings. The highest BCUT2D eigenvalue weighted by atomic mass is 16.5. The van der Waals surface area contributed by atoms with Crippen molar-refractivity contribution in [2.24, 2.45) is 0 Å². The molecule has 0 aromatic carbocycles. The fraction of sp³-hybridized carbons (Fsp3) is 0.308. The lowest BCUT2D eigenvalue weighted by Crippen LogP contribution is -2.00. The molecule has 15 heavy (non-hydrogen) atoms. The van der Waals surface area contributed by atoms with Crippen molar-refractivity contribution >= 4 is 5.97 Å². The minimum absolute atomic E-state index is 0.387. The van der Waals surface area contributed by atoms with Gasteiger partial charge in [0.2, 0.25) is 0 Å². The monoisotopic (exact) mass is 204 g/mol. The predicted octanol–water partition coefficient (Wildman–Crippen LogP) is 3.29. The molecule has 80 valence electrons. The fourth-order valence-electron chi connectivity index (χ4n) is 1.30. The molecule has 0 atom stereocenters. The zero-order chi connectivity index (χ0) is 10.9. The maximum absolute atomic E-state index is 11.0. The van der Waals surface area contributed by atoms with E-state index in [9.17, 15) is 4.79 Å². The summed E-state index contributed by atoms with van der Waals surface area (Å²) in [6.45, 7) is 3.37. The highest BCUT2D eigenvalue weighted by Gasteiger charge is 2.02. The van der Waals surface area contributed by atoms with E-state index in [-0.39, 0.29) is 5.97 Å². The van der Waals surface area contributed by atoms with Crippen LogP contribution in [0.4, 0.5) is 0 Å². The summed E-state index contributed by atoms with van der Waals surface area (Å²) in [5.41, 5.74) is 0. The van der Waals surface area contributed by atoms with Crippen LogP contribution in [0.15, 0.2) is 48.8 Å². The molecule has 1 aliphatic rings. The normalized spacial score (nSPS) is 24.4. The molecular formula is C13H16O2. The molecule has 0 radical (unpaired) electrons. The Morgan fingerprint density at radius 1 is 1.33 bits per heavy atom. The maximum atomic E-state index is 11.0. The standard InChI is InChI=1S/C13H16O2/c1-2-13(14)15-12-10-8-6-4-3-5-7-9-11-12/h2-4,6,8,10H,1,5,7,9,11H2/b4-3-,8-6+,12-10+. The van der Waals surface area contributed by atoms with E-state index in [1.807, 2.05) is 24.3 Å². The lowest BCUT2D eigenvalue weighted by Gasteiger charge is -2.06. The van der Waals surface area contributed by atoms with Gasteiger partial charge in [-0.15, -0.1) is 0 Å². The van der Waals surface area contributed by atoms with Crippen molar-refractivity contribution in [2.75, 3.05) is 0 Å². The Hall–Kier alpha value is -1.57. The van der Waals surface area contributed by atoms with Crippen molar-refractivity contribution in [3.8, 4) is 0 Å². The van der Waals surface area contributed by atoms with Gasteiger partial charge >= 0.3 is 5.97 Å². The number of carbonyl (C=O) groups excluding carboxylic acids is 1. The van der Waals surface area contributed by atoms with Gasteiger partial charge in [0.25, 0.3) is 0 Å². The summed E-state index contributed by atoms with van der Waals surface area (Å²) < 4.78 is 5.10. The first-order chi connectivity index (χ1) is 7.33. The smallest absolute Gasteiger partial charge is 0.335 e. The van der Waals surface area contributed by atoms with Crippen molar-refractivity contribution in [3.05, 3.63) is 48.8 Å². The van der Waals surface area contributed by atoms with Crippen molar-refractivity contribution < 1.29 is 9.53 Å². The summed E-state index contributed by atoms with van der Waals surface area (Å²) in [4.78, 5) is 11.0. The molecule has 0 aliphatic heterocycles. The molecule has 2 heteroatoms. The maximum Gasteiger partial charge on any atom is 0.335 e. The Kier molecular flexibility index (Phi) is 5.23. The average molecular weight is 204 g/mol. The SMILES string of the molecule is C=CC(=O)O/C1=C/C=C/C=C\CCCC1. The molecule has 0 saturated carbocycles. The highest BCUT2D eigenvalue weighted by Crippen LogP contribution is 2.12. The molecule has 0 aromatic heterocycles. The molecule has 0 bridgehead atoms. The second-order valence-electron chi connectivity index (χ2n) is 3.32. The molecule has 1 aliphatic carbocycles. The van der Waals surface area contributed by atoms with Gasteiger partial charge in [0.05, 0.1) is 0 Å². The third-order valence-electron chi connectivity index (χ3n) is 2.08. The number of hydrogen-bond acceptors (Lipinski definition) is 2. The van der Waals surface area contributed by atoms with Gasteiger partial charge in [-0.05, 0) is 25.3 Å². The summed E-state index contributed by atoms with van der Waals surface area (Å²) in [6.07, 6.45) is 15.0. The summed E-state index contributed by atoms with van der Waals surface area (Å²) in [7, 11) is 0. The molecule has 0 amide bonds. The Bertz CT molecular complexity index is 308. The van der Waals surface area contributed by atoms with Crippen LogP contribution in [0, 0.1) is 0 Å². The lowest BCUT2D eigenvalue weighted by atomic mass is 10.1. The minimum atomic E-state index is -0.387. The van der Waals surface area contributed by atoms with E-state index in [1.54, 1.807) is 0 Å². The van der Waals surface area contributed by atoms with Gasteiger partial charge in [-0.3, -0.25) is 0 Å². The van der Waals surface area contributed by atoms with Crippen molar-refractivity contribution in [1.82, 2.24) is 0 Å². The van der Waals surface area contributed by atoms with Crippen LogP contribution in [0.3, 0.4) is 0 Å². The molecule has 0 saturated heterocycles. The van der Waals surface area contributed by atoms with Crippen molar-refractivity contribution in [2.45, 2.75) is 25.7 Å². The van der Waals surface area contributed by atoms with Gasteiger partial charge in [-0.2, -0.15) is 0 Å². The van der Waals surface area contributed by atoms with E-state index < -0.39 is 0 Å². The molecule has 0 spiro atoms. The zero-order valence-corrected chi connectivity index (χ0v) is 8.82. The first kappa shape index (κ1) is 11.5. The van der Waals surface area contributed by atoms with E-state index in [0.717, 1.165) is 25.7 Å². The van der Waals surface area contributed by atoms with Gasteiger partial charge in [0.15, 0.2) is 0 Å². The summed E-state index contributed by atoms with van der Waals surface area (Å²) >= 11 is 0. The van der Waals surface area contributed by atoms with Crippen molar-refractivity contribution in [1.29, 1.82) is 0 Å². The highest BCUT2D eigenvalue weighted by molar-refractivity contribution is 5.82. The van der Waals surface area contributed by atoms with E-state index >= 15 is 0 Å². The molecule has 2 nitrogen and oxygen atoms in total. The number of allylic oxidation sites excluding steroid dienone is 6. The third kappa shape index (κ3) is 5.01. The third-order valence-corrected chi connectivity index (χ3v) is 2.08. The van der Waals surface area contributed by atoms with Crippen LogP contribution in [-0.4, -0.2) is 5.97 Å².